The molecule has 1 aliphatic carbocycles. The molecule has 1 amide bonds. The van der Waals surface area contributed by atoms with Gasteiger partial charge in [-0.25, -0.2) is 10.2 Å². The van der Waals surface area contributed by atoms with Gasteiger partial charge in [0.1, 0.15) is 12.2 Å². The lowest BCUT2D eigenvalue weighted by Gasteiger charge is -2.21. The lowest BCUT2D eigenvalue weighted by Crippen LogP contribution is -2.43. The van der Waals surface area contributed by atoms with Crippen molar-refractivity contribution in [3.63, 3.8) is 0 Å². The molecule has 0 radical (unpaired) electrons. The maximum absolute atomic E-state index is 13.3. The summed E-state index contributed by atoms with van der Waals surface area (Å²) in [7, 11) is 0. The summed E-state index contributed by atoms with van der Waals surface area (Å²) in [5, 5.41) is 20.6. The highest BCUT2D eigenvalue weighted by molar-refractivity contribution is 5.79. The van der Waals surface area contributed by atoms with Crippen LogP contribution in [-0.2, 0) is 4.79 Å². The third-order valence-electron chi connectivity index (χ3n) is 4.44. The molecule has 7 nitrogen and oxygen atoms in total. The van der Waals surface area contributed by atoms with Gasteiger partial charge in [-0.1, -0.05) is 0 Å². The number of nitrogens with one attached hydrogen (secondary N) is 2. The minimum atomic E-state index is -1.10. The van der Waals surface area contributed by atoms with Gasteiger partial charge in [0, 0.05) is 19.0 Å². The Balaban J connectivity index is 1.73. The van der Waals surface area contributed by atoms with E-state index in [0.29, 0.717) is 12.5 Å². The first kappa shape index (κ1) is 16.6. The highest BCUT2D eigenvalue weighted by atomic mass is 19.1. The van der Waals surface area contributed by atoms with Crippen LogP contribution in [0, 0.1) is 22.7 Å². The third kappa shape index (κ3) is 4.15. The summed E-state index contributed by atoms with van der Waals surface area (Å²) in [6.45, 7) is 0.800. The van der Waals surface area contributed by atoms with Crippen molar-refractivity contribution in [3.8, 4) is 6.07 Å². The molecular formula is C14H23FN6O. The van der Waals surface area contributed by atoms with E-state index >= 15 is 0 Å². The van der Waals surface area contributed by atoms with Gasteiger partial charge in [-0.3, -0.25) is 10.2 Å². The Morgan fingerprint density at radius 3 is 3.00 bits per heavy atom. The fraction of sp³-hybridized carbons (Fsp3) is 0.786. The van der Waals surface area contributed by atoms with E-state index in [1.807, 2.05) is 6.07 Å². The van der Waals surface area contributed by atoms with Crippen molar-refractivity contribution in [2.75, 3.05) is 19.6 Å². The molecule has 2 fully saturated rings. The van der Waals surface area contributed by atoms with Crippen molar-refractivity contribution in [1.29, 1.82) is 10.7 Å². The smallest absolute Gasteiger partial charge is 0.237 e. The van der Waals surface area contributed by atoms with Gasteiger partial charge in [0.15, 0.2) is 0 Å². The Kier molecular flexibility index (Phi) is 5.69. The summed E-state index contributed by atoms with van der Waals surface area (Å²) < 4.78 is 13.3. The molecule has 22 heavy (non-hydrogen) atoms. The van der Waals surface area contributed by atoms with Gasteiger partial charge in [-0.05, 0) is 25.2 Å². The lowest BCUT2D eigenvalue weighted by atomic mass is 10.1. The molecule has 0 bridgehead atoms. The highest BCUT2D eigenvalue weighted by Crippen LogP contribution is 2.26. The average molecular weight is 310 g/mol. The minimum Gasteiger partial charge on any atom is -0.323 e. The second-order valence-electron chi connectivity index (χ2n) is 6.11. The number of hydrogen-bond acceptors (Lipinski definition) is 5. The van der Waals surface area contributed by atoms with E-state index in [9.17, 15) is 9.18 Å². The Bertz CT molecular complexity index is 453. The van der Waals surface area contributed by atoms with Crippen molar-refractivity contribution >= 4 is 12.2 Å². The molecule has 1 heterocycles. The van der Waals surface area contributed by atoms with Crippen LogP contribution in [0.1, 0.15) is 25.7 Å². The van der Waals surface area contributed by atoms with Crippen molar-refractivity contribution in [3.05, 3.63) is 0 Å². The molecule has 0 aromatic rings. The van der Waals surface area contributed by atoms with Crippen molar-refractivity contribution < 1.29 is 9.18 Å². The molecule has 0 aromatic heterocycles. The molecule has 0 spiro atoms. The van der Waals surface area contributed by atoms with Crippen molar-refractivity contribution in [2.45, 2.75) is 43.9 Å². The summed E-state index contributed by atoms with van der Waals surface area (Å²) in [5.74, 6) is 5.79. The summed E-state index contributed by atoms with van der Waals surface area (Å²) >= 11 is 0. The molecule has 1 saturated carbocycles. The molecule has 0 unspecified atom stereocenters. The number of carbonyl (C=O) groups excluding carboxylic acids is 1. The van der Waals surface area contributed by atoms with Gasteiger partial charge >= 0.3 is 0 Å². The van der Waals surface area contributed by atoms with Crippen LogP contribution >= 0.6 is 0 Å². The number of rotatable bonds is 6. The molecule has 1 saturated heterocycles. The number of nitrogens with two attached hydrogens (primary N) is 1. The van der Waals surface area contributed by atoms with Gasteiger partial charge in [-0.15, -0.1) is 0 Å². The van der Waals surface area contributed by atoms with Crippen LogP contribution in [0.5, 0.6) is 0 Å². The lowest BCUT2D eigenvalue weighted by molar-refractivity contribution is -0.130. The monoisotopic (exact) mass is 310 g/mol. The standard InChI is InChI=1S/C14H23FN6O/c15-11-4-13(5-16)21(8-11)14(22)6-19-12-2-1-10(3-12)7-20(18)9-17/h9-13,17,19H,1-4,6-8,18H2/t10-,11-,12+,13-/m0/s1. The zero-order valence-corrected chi connectivity index (χ0v) is 12.5. The van der Waals surface area contributed by atoms with Gasteiger partial charge < -0.3 is 15.2 Å². The fourth-order valence-corrected chi connectivity index (χ4v) is 3.29. The summed E-state index contributed by atoms with van der Waals surface area (Å²) in [4.78, 5) is 13.4. The zero-order valence-electron chi connectivity index (χ0n) is 12.5. The minimum absolute atomic E-state index is 0.0213. The second kappa shape index (κ2) is 7.51. The molecule has 0 aromatic carbocycles. The van der Waals surface area contributed by atoms with Crippen LogP contribution < -0.4 is 11.2 Å². The molecule has 4 N–H and O–H groups in total. The third-order valence-corrected chi connectivity index (χ3v) is 4.44. The molecule has 1 aliphatic heterocycles. The maximum atomic E-state index is 13.3. The Hall–Kier alpha value is -1.72. The Morgan fingerprint density at radius 1 is 1.55 bits per heavy atom. The molecule has 2 aliphatic rings. The van der Waals surface area contributed by atoms with Crippen LogP contribution in [0.3, 0.4) is 0 Å². The van der Waals surface area contributed by atoms with E-state index in [2.05, 4.69) is 5.32 Å². The first-order valence-corrected chi connectivity index (χ1v) is 7.62. The van der Waals surface area contributed by atoms with Crippen LogP contribution in [0.15, 0.2) is 0 Å². The van der Waals surface area contributed by atoms with Crippen molar-refractivity contribution in [1.82, 2.24) is 15.2 Å². The number of nitrogens with zero attached hydrogens (tertiary/aromatic N) is 3. The van der Waals surface area contributed by atoms with Gasteiger partial charge in [0.2, 0.25) is 5.91 Å². The predicted octanol–water partition coefficient (Wildman–Crippen LogP) is -0.00995. The number of hydrazine groups is 1. The summed E-state index contributed by atoms with van der Waals surface area (Å²) in [5.41, 5.74) is 0. The first-order chi connectivity index (χ1) is 10.5. The maximum Gasteiger partial charge on any atom is 0.237 e. The number of carbonyl (C=O) groups is 1. The van der Waals surface area contributed by atoms with Crippen LogP contribution in [0.25, 0.3) is 0 Å². The fourth-order valence-electron chi connectivity index (χ4n) is 3.29. The topological polar surface area (TPSA) is 109 Å². The zero-order chi connectivity index (χ0) is 16.1. The van der Waals surface area contributed by atoms with Gasteiger partial charge in [-0.2, -0.15) is 5.26 Å². The molecular weight excluding hydrogens is 287 g/mol. The molecule has 4 atom stereocenters. The number of likely N-dealkylation sites (tertiary alicyclic amines) is 1. The van der Waals surface area contributed by atoms with E-state index < -0.39 is 12.2 Å². The van der Waals surface area contributed by atoms with E-state index in [0.717, 1.165) is 25.6 Å². The van der Waals surface area contributed by atoms with Crippen LogP contribution in [-0.4, -0.2) is 60.0 Å². The number of nitriles is 1. The van der Waals surface area contributed by atoms with Crippen LogP contribution in [0.4, 0.5) is 4.39 Å². The number of hydrogen-bond donors (Lipinski definition) is 3. The highest BCUT2D eigenvalue weighted by Gasteiger charge is 2.35. The largest absolute Gasteiger partial charge is 0.323 e. The number of amides is 1. The Labute approximate surface area is 129 Å². The molecule has 2 rings (SSSR count). The van der Waals surface area contributed by atoms with Crippen molar-refractivity contribution in [2.24, 2.45) is 11.8 Å². The van der Waals surface area contributed by atoms with E-state index in [-0.39, 0.29) is 31.5 Å². The molecule has 8 heteroatoms. The van der Waals surface area contributed by atoms with E-state index in [1.54, 1.807) is 0 Å². The quantitative estimate of drug-likeness (QED) is 0.277. The molecule has 122 valence electrons. The van der Waals surface area contributed by atoms with E-state index in [4.69, 9.17) is 16.5 Å². The first-order valence-electron chi connectivity index (χ1n) is 7.62. The number of halogens is 1. The number of alkyl halides is 1. The second-order valence-corrected chi connectivity index (χ2v) is 6.11. The summed E-state index contributed by atoms with van der Waals surface area (Å²) in [6, 6.07) is 1.58. The SMILES string of the molecule is N#C[C@@H]1C[C@H](F)CN1C(=O)CN[C@@H]1CC[C@H](CN(N)C=N)C1. The normalized spacial score (nSPS) is 31.0. The van der Waals surface area contributed by atoms with Gasteiger partial charge in [0.25, 0.3) is 0 Å². The predicted molar refractivity (Wildman–Crippen MR) is 79.4 cm³/mol. The van der Waals surface area contributed by atoms with E-state index in [1.165, 1.54) is 9.91 Å². The van der Waals surface area contributed by atoms with Crippen LogP contribution in [0.2, 0.25) is 0 Å². The summed E-state index contributed by atoms with van der Waals surface area (Å²) in [6.07, 6.45) is 2.99. The van der Waals surface area contributed by atoms with Gasteiger partial charge in [0.05, 0.1) is 25.5 Å². The Morgan fingerprint density at radius 2 is 2.32 bits per heavy atom. The average Bonchev–Trinajstić information content (AvgIpc) is 3.10.